The summed E-state index contributed by atoms with van der Waals surface area (Å²) < 4.78 is 22.0. The van der Waals surface area contributed by atoms with Gasteiger partial charge in [-0.05, 0) is 12.8 Å². The highest BCUT2D eigenvalue weighted by Gasteiger charge is 2.28. The van der Waals surface area contributed by atoms with Crippen molar-refractivity contribution in [3.8, 4) is 0 Å². The summed E-state index contributed by atoms with van der Waals surface area (Å²) in [5, 5.41) is 24.0. The number of aliphatic hydroxyl groups excluding tert-OH is 2. The van der Waals surface area contributed by atoms with Crippen LogP contribution in [0.15, 0.2) is 0 Å². The maximum absolute atomic E-state index is 12.8. The van der Waals surface area contributed by atoms with Gasteiger partial charge in [-0.1, -0.05) is 194 Å². The Morgan fingerprint density at radius 1 is 0.600 bits per heavy atom. The molecule has 0 bridgehead atoms. The molecule has 0 saturated heterocycles. The normalized spacial score (nSPS) is 14.8. The van der Waals surface area contributed by atoms with Gasteiger partial charge in [0.1, 0.15) is 0 Å². The van der Waals surface area contributed by atoms with E-state index in [4.69, 9.17) is 14.8 Å². The average Bonchev–Trinajstić information content (AvgIpc) is 3.09. The second-order valence-electron chi connectivity index (χ2n) is 14.8. The minimum Gasteiger partial charge on any atom is -0.393 e. The van der Waals surface area contributed by atoms with Crippen molar-refractivity contribution < 1.29 is 33.5 Å². The summed E-state index contributed by atoms with van der Waals surface area (Å²) in [7, 11) is -4.36. The Labute approximate surface area is 308 Å². The molecular formula is C40H83N2O7P. The molecule has 0 aromatic heterocycles. The van der Waals surface area contributed by atoms with E-state index in [1.54, 1.807) is 0 Å². The molecule has 0 aromatic rings. The number of unbranched alkanes of at least 4 members (excludes halogenated alkanes) is 26. The van der Waals surface area contributed by atoms with Crippen LogP contribution in [0.25, 0.3) is 0 Å². The highest BCUT2D eigenvalue weighted by atomic mass is 31.2. The molecule has 0 heterocycles. The third kappa shape index (κ3) is 34.5. The highest BCUT2D eigenvalue weighted by molar-refractivity contribution is 7.47. The molecule has 0 radical (unpaired) electrons. The van der Waals surface area contributed by atoms with Gasteiger partial charge in [-0.15, -0.1) is 0 Å². The van der Waals surface area contributed by atoms with Crippen molar-refractivity contribution in [3.05, 3.63) is 0 Å². The van der Waals surface area contributed by atoms with E-state index in [0.29, 0.717) is 12.8 Å². The van der Waals surface area contributed by atoms with Gasteiger partial charge in [0.25, 0.3) is 0 Å². The molecule has 10 heteroatoms. The maximum Gasteiger partial charge on any atom is 0.472 e. The second-order valence-corrected chi connectivity index (χ2v) is 16.2. The van der Waals surface area contributed by atoms with Crippen molar-refractivity contribution in [2.75, 3.05) is 19.8 Å². The lowest BCUT2D eigenvalue weighted by Gasteiger charge is -2.25. The van der Waals surface area contributed by atoms with Crippen LogP contribution in [0, 0.1) is 0 Å². The minimum atomic E-state index is -4.36. The lowest BCUT2D eigenvalue weighted by molar-refractivity contribution is -0.125. The van der Waals surface area contributed by atoms with Gasteiger partial charge in [-0.3, -0.25) is 13.8 Å². The SMILES string of the molecule is CCCCCCCCCCCCCCCCCCCCCCC(O)CC(=O)NC(COP(=O)(O)OCCN)C(O)CCCCCCCCCC. The zero-order chi connectivity index (χ0) is 37.0. The van der Waals surface area contributed by atoms with Crippen LogP contribution in [-0.2, 0) is 18.4 Å². The van der Waals surface area contributed by atoms with Crippen LogP contribution in [0.4, 0.5) is 0 Å². The quantitative estimate of drug-likeness (QED) is 0.0308. The van der Waals surface area contributed by atoms with Crippen LogP contribution in [0.3, 0.4) is 0 Å². The van der Waals surface area contributed by atoms with Crippen molar-refractivity contribution in [3.63, 3.8) is 0 Å². The minimum absolute atomic E-state index is 0.0621. The molecule has 0 aliphatic heterocycles. The molecule has 50 heavy (non-hydrogen) atoms. The number of carbonyl (C=O) groups excluding carboxylic acids is 1. The molecule has 0 aromatic carbocycles. The topological polar surface area (TPSA) is 151 Å². The van der Waals surface area contributed by atoms with Crippen molar-refractivity contribution in [1.29, 1.82) is 0 Å². The summed E-state index contributed by atoms with van der Waals surface area (Å²) in [4.78, 5) is 22.7. The molecule has 9 nitrogen and oxygen atoms in total. The standard InChI is InChI=1S/C40H83N2O7P/c1-3-5-7-9-11-13-14-15-16-17-18-19-20-21-22-23-24-25-27-29-31-37(43)35-40(45)42-38(36-49-50(46,47)48-34-33-41)39(44)32-30-28-26-12-10-8-6-4-2/h37-39,43-44H,3-36,41H2,1-2H3,(H,42,45)(H,46,47). The van der Waals surface area contributed by atoms with Gasteiger partial charge in [-0.2, -0.15) is 0 Å². The zero-order valence-corrected chi connectivity index (χ0v) is 33.7. The van der Waals surface area contributed by atoms with Crippen LogP contribution >= 0.6 is 7.82 Å². The van der Waals surface area contributed by atoms with E-state index in [1.807, 2.05) is 0 Å². The van der Waals surface area contributed by atoms with Crippen LogP contribution in [0.5, 0.6) is 0 Å². The molecule has 4 unspecified atom stereocenters. The van der Waals surface area contributed by atoms with E-state index >= 15 is 0 Å². The molecule has 1 amide bonds. The van der Waals surface area contributed by atoms with Crippen LogP contribution in [0.1, 0.15) is 213 Å². The molecule has 300 valence electrons. The molecule has 0 saturated carbocycles. The fraction of sp³-hybridized carbons (Fsp3) is 0.975. The number of amides is 1. The number of rotatable bonds is 40. The number of nitrogens with two attached hydrogens (primary N) is 1. The van der Waals surface area contributed by atoms with Gasteiger partial charge < -0.3 is 26.2 Å². The molecule has 0 aliphatic carbocycles. The summed E-state index contributed by atoms with van der Waals surface area (Å²) in [6, 6.07) is -0.888. The van der Waals surface area contributed by atoms with Gasteiger partial charge in [0.05, 0.1) is 37.9 Å². The summed E-state index contributed by atoms with van der Waals surface area (Å²) in [5.41, 5.74) is 5.35. The van der Waals surface area contributed by atoms with Crippen molar-refractivity contribution >= 4 is 13.7 Å². The number of carbonyl (C=O) groups is 1. The largest absolute Gasteiger partial charge is 0.472 e. The maximum atomic E-state index is 12.8. The summed E-state index contributed by atoms with van der Waals surface area (Å²) in [5.74, 6) is -0.412. The Hall–Kier alpha value is -0.540. The first-order chi connectivity index (χ1) is 24.3. The predicted molar refractivity (Wildman–Crippen MR) is 209 cm³/mol. The third-order valence-electron chi connectivity index (χ3n) is 9.77. The third-order valence-corrected chi connectivity index (χ3v) is 10.7. The smallest absolute Gasteiger partial charge is 0.393 e. The molecule has 0 spiro atoms. The lowest BCUT2D eigenvalue weighted by atomic mass is 10.0. The molecule has 0 aliphatic rings. The van der Waals surface area contributed by atoms with Crippen molar-refractivity contribution in [2.24, 2.45) is 5.73 Å². The predicted octanol–water partition coefficient (Wildman–Crippen LogP) is 10.4. The Morgan fingerprint density at radius 3 is 1.34 bits per heavy atom. The first-order valence-corrected chi connectivity index (χ1v) is 22.7. The highest BCUT2D eigenvalue weighted by Crippen LogP contribution is 2.43. The van der Waals surface area contributed by atoms with Gasteiger partial charge in [-0.25, -0.2) is 4.57 Å². The summed E-state index contributed by atoms with van der Waals surface area (Å²) >= 11 is 0. The first kappa shape index (κ1) is 49.5. The Morgan fingerprint density at radius 2 is 0.960 bits per heavy atom. The van der Waals surface area contributed by atoms with E-state index in [-0.39, 0.29) is 26.2 Å². The van der Waals surface area contributed by atoms with Gasteiger partial charge in [0, 0.05) is 6.54 Å². The summed E-state index contributed by atoms with van der Waals surface area (Å²) in [6.45, 7) is 4.02. The van der Waals surface area contributed by atoms with Crippen LogP contribution < -0.4 is 11.1 Å². The van der Waals surface area contributed by atoms with Crippen molar-refractivity contribution in [1.82, 2.24) is 5.32 Å². The van der Waals surface area contributed by atoms with E-state index in [2.05, 4.69) is 19.2 Å². The number of hydrogen-bond acceptors (Lipinski definition) is 7. The van der Waals surface area contributed by atoms with E-state index in [1.165, 1.54) is 141 Å². The van der Waals surface area contributed by atoms with E-state index < -0.39 is 32.0 Å². The zero-order valence-electron chi connectivity index (χ0n) is 32.8. The Balaban J connectivity index is 4.07. The van der Waals surface area contributed by atoms with Gasteiger partial charge in [0.15, 0.2) is 0 Å². The van der Waals surface area contributed by atoms with Crippen LogP contribution in [0.2, 0.25) is 0 Å². The molecule has 4 atom stereocenters. The monoisotopic (exact) mass is 735 g/mol. The average molecular weight is 735 g/mol. The molecule has 0 fully saturated rings. The second kappa shape index (κ2) is 36.8. The van der Waals surface area contributed by atoms with Gasteiger partial charge in [0.2, 0.25) is 5.91 Å². The molecular weight excluding hydrogens is 651 g/mol. The number of nitrogens with one attached hydrogen (secondary N) is 1. The van der Waals surface area contributed by atoms with E-state index in [9.17, 15) is 24.5 Å². The number of phosphoric acid groups is 1. The van der Waals surface area contributed by atoms with Crippen LogP contribution in [-0.4, -0.2) is 59.0 Å². The van der Waals surface area contributed by atoms with Crippen molar-refractivity contribution in [2.45, 2.75) is 231 Å². The Kier molecular flexibility index (Phi) is 36.4. The number of aliphatic hydroxyl groups is 2. The fourth-order valence-electron chi connectivity index (χ4n) is 6.53. The van der Waals surface area contributed by atoms with Gasteiger partial charge >= 0.3 is 7.82 Å². The first-order valence-electron chi connectivity index (χ1n) is 21.2. The van der Waals surface area contributed by atoms with E-state index in [0.717, 1.165) is 38.5 Å². The number of hydrogen-bond donors (Lipinski definition) is 5. The number of phosphoric ester groups is 1. The molecule has 0 rings (SSSR count). The fourth-order valence-corrected chi connectivity index (χ4v) is 7.29. The lowest BCUT2D eigenvalue weighted by Crippen LogP contribution is -2.47. The Bertz CT molecular complexity index is 776. The molecule has 6 N–H and O–H groups in total. The summed E-state index contributed by atoms with van der Waals surface area (Å²) in [6.07, 6.45) is 34.5.